The summed E-state index contributed by atoms with van der Waals surface area (Å²) in [5.41, 5.74) is -2.09. The minimum absolute atomic E-state index is 0.168. The van der Waals surface area contributed by atoms with Gasteiger partial charge in [-0.25, -0.2) is 22.3 Å². The molecule has 1 atom stereocenters. The predicted molar refractivity (Wildman–Crippen MR) is 69.6 cm³/mol. The maximum Gasteiger partial charge on any atom is 0.336 e. The van der Waals surface area contributed by atoms with Crippen LogP contribution in [0.25, 0.3) is 11.0 Å². The number of fused-ring (bicyclic) bond motifs is 1. The fourth-order valence-corrected chi connectivity index (χ4v) is 2.60. The van der Waals surface area contributed by atoms with E-state index in [2.05, 4.69) is 0 Å². The number of aliphatic carboxylic acids is 1. The Kier molecular flexibility index (Phi) is 3.74. The van der Waals surface area contributed by atoms with Crippen LogP contribution < -0.4 is 4.72 Å². The third-order valence-corrected chi connectivity index (χ3v) is 4.04. The number of hydrogen-bond donors (Lipinski definition) is 3. The van der Waals surface area contributed by atoms with Gasteiger partial charge in [-0.05, 0) is 25.1 Å². The summed E-state index contributed by atoms with van der Waals surface area (Å²) in [6.07, 6.45) is 0. The standard InChI is InChI=1S/C12H12FNO6S/c1-12(17,11(15)16)6-14-21(18,19)10-5-7-4-8(13)2-3-9(7)20-10/h2-5,14,17H,6H2,1H3,(H,15,16). The third-order valence-electron chi connectivity index (χ3n) is 2.79. The van der Waals surface area contributed by atoms with E-state index in [-0.39, 0.29) is 11.0 Å². The summed E-state index contributed by atoms with van der Waals surface area (Å²) < 4.78 is 43.9. The van der Waals surface area contributed by atoms with Crippen molar-refractivity contribution in [2.45, 2.75) is 17.6 Å². The SMILES string of the molecule is CC(O)(CNS(=O)(=O)c1cc2cc(F)ccc2o1)C(=O)O. The summed E-state index contributed by atoms with van der Waals surface area (Å²) in [5, 5.41) is 17.9. The van der Waals surface area contributed by atoms with E-state index >= 15 is 0 Å². The molecular formula is C12H12FNO6S. The molecule has 1 heterocycles. The van der Waals surface area contributed by atoms with Gasteiger partial charge in [0, 0.05) is 11.5 Å². The van der Waals surface area contributed by atoms with Crippen molar-refractivity contribution in [1.82, 2.24) is 4.72 Å². The molecule has 0 amide bonds. The molecule has 7 nitrogen and oxygen atoms in total. The van der Waals surface area contributed by atoms with Crippen molar-refractivity contribution in [2.75, 3.05) is 6.54 Å². The second-order valence-electron chi connectivity index (χ2n) is 4.65. The maximum atomic E-state index is 13.0. The molecule has 0 radical (unpaired) electrons. The van der Waals surface area contributed by atoms with E-state index in [0.717, 1.165) is 25.1 Å². The first-order valence-corrected chi connectivity index (χ1v) is 7.25. The summed E-state index contributed by atoms with van der Waals surface area (Å²) in [6, 6.07) is 4.60. The molecule has 1 aromatic heterocycles. The van der Waals surface area contributed by atoms with Gasteiger partial charge in [0.1, 0.15) is 11.4 Å². The Bertz CT molecular complexity index is 795. The number of furan rings is 1. The first kappa shape index (κ1) is 15.4. The quantitative estimate of drug-likeness (QED) is 0.747. The van der Waals surface area contributed by atoms with Crippen molar-refractivity contribution in [3.63, 3.8) is 0 Å². The highest BCUT2D eigenvalue weighted by atomic mass is 32.2. The molecule has 2 rings (SSSR count). The second-order valence-corrected chi connectivity index (χ2v) is 6.35. The number of carbonyl (C=O) groups is 1. The fourth-order valence-electron chi connectivity index (χ4n) is 1.50. The molecule has 1 aromatic carbocycles. The van der Waals surface area contributed by atoms with E-state index in [4.69, 9.17) is 9.52 Å². The second kappa shape index (κ2) is 5.10. The third kappa shape index (κ3) is 3.20. The van der Waals surface area contributed by atoms with Crippen LogP contribution in [0.15, 0.2) is 33.8 Å². The molecule has 3 N–H and O–H groups in total. The topological polar surface area (TPSA) is 117 Å². The number of carboxylic acids is 1. The number of benzene rings is 1. The van der Waals surface area contributed by atoms with Crippen LogP contribution in [0.1, 0.15) is 6.92 Å². The molecule has 0 aliphatic heterocycles. The van der Waals surface area contributed by atoms with E-state index in [1.54, 1.807) is 0 Å². The van der Waals surface area contributed by atoms with Gasteiger partial charge in [0.25, 0.3) is 10.0 Å². The zero-order chi connectivity index (χ0) is 15.8. The number of sulfonamides is 1. The number of carboxylic acid groups (broad SMARTS) is 1. The molecule has 0 aliphatic rings. The first-order valence-electron chi connectivity index (χ1n) is 5.76. The van der Waals surface area contributed by atoms with Crippen molar-refractivity contribution in [3.8, 4) is 0 Å². The zero-order valence-corrected chi connectivity index (χ0v) is 11.6. The van der Waals surface area contributed by atoms with E-state index < -0.39 is 39.0 Å². The normalized spacial score (nSPS) is 15.0. The van der Waals surface area contributed by atoms with Crippen LogP contribution in [-0.4, -0.2) is 36.7 Å². The number of hydrogen-bond acceptors (Lipinski definition) is 5. The van der Waals surface area contributed by atoms with Crippen molar-refractivity contribution < 1.29 is 32.2 Å². The Balaban J connectivity index is 2.28. The molecule has 1 unspecified atom stereocenters. The molecule has 0 bridgehead atoms. The lowest BCUT2D eigenvalue weighted by Gasteiger charge is -2.17. The van der Waals surface area contributed by atoms with Crippen LogP contribution in [-0.2, 0) is 14.8 Å². The lowest BCUT2D eigenvalue weighted by molar-refractivity contribution is -0.155. The van der Waals surface area contributed by atoms with Gasteiger partial charge in [0.05, 0.1) is 6.54 Å². The van der Waals surface area contributed by atoms with Gasteiger partial charge >= 0.3 is 5.97 Å². The van der Waals surface area contributed by atoms with Crippen LogP contribution in [0, 0.1) is 5.82 Å². The molecule has 114 valence electrons. The van der Waals surface area contributed by atoms with Crippen molar-refractivity contribution in [1.29, 1.82) is 0 Å². The van der Waals surface area contributed by atoms with Crippen LogP contribution in [0.3, 0.4) is 0 Å². The number of aliphatic hydroxyl groups is 1. The minimum atomic E-state index is -4.16. The minimum Gasteiger partial charge on any atom is -0.479 e. The molecule has 0 saturated heterocycles. The highest BCUT2D eigenvalue weighted by molar-refractivity contribution is 7.89. The molecule has 0 aliphatic carbocycles. The Morgan fingerprint density at radius 3 is 2.71 bits per heavy atom. The van der Waals surface area contributed by atoms with E-state index in [1.807, 2.05) is 4.72 Å². The molecule has 0 saturated carbocycles. The van der Waals surface area contributed by atoms with Crippen molar-refractivity contribution in [2.24, 2.45) is 0 Å². The fraction of sp³-hybridized carbons (Fsp3) is 0.250. The van der Waals surface area contributed by atoms with Crippen LogP contribution in [0.4, 0.5) is 4.39 Å². The first-order chi connectivity index (χ1) is 9.62. The predicted octanol–water partition coefficient (Wildman–Crippen LogP) is 0.686. The van der Waals surface area contributed by atoms with Gasteiger partial charge in [0.15, 0.2) is 5.60 Å². The monoisotopic (exact) mass is 317 g/mol. The average molecular weight is 317 g/mol. The van der Waals surface area contributed by atoms with Gasteiger partial charge in [-0.3, -0.25) is 0 Å². The zero-order valence-electron chi connectivity index (χ0n) is 10.8. The van der Waals surface area contributed by atoms with Crippen LogP contribution in [0.2, 0.25) is 0 Å². The Morgan fingerprint density at radius 1 is 1.43 bits per heavy atom. The number of rotatable bonds is 5. The van der Waals surface area contributed by atoms with Crippen LogP contribution in [0.5, 0.6) is 0 Å². The maximum absolute atomic E-state index is 13.0. The Morgan fingerprint density at radius 2 is 2.10 bits per heavy atom. The number of halogens is 1. The highest BCUT2D eigenvalue weighted by Gasteiger charge is 2.32. The summed E-state index contributed by atoms with van der Waals surface area (Å²) >= 11 is 0. The molecule has 21 heavy (non-hydrogen) atoms. The van der Waals surface area contributed by atoms with Crippen molar-refractivity contribution in [3.05, 3.63) is 30.1 Å². The Labute approximate surface area is 119 Å². The van der Waals surface area contributed by atoms with E-state index in [0.29, 0.717) is 0 Å². The van der Waals surface area contributed by atoms with Gasteiger partial charge in [-0.15, -0.1) is 0 Å². The lowest BCUT2D eigenvalue weighted by Crippen LogP contribution is -2.46. The Hall–Kier alpha value is -1.97. The van der Waals surface area contributed by atoms with Gasteiger partial charge in [-0.2, -0.15) is 0 Å². The largest absolute Gasteiger partial charge is 0.479 e. The van der Waals surface area contributed by atoms with Crippen LogP contribution >= 0.6 is 0 Å². The van der Waals surface area contributed by atoms with Gasteiger partial charge in [0.2, 0.25) is 5.09 Å². The van der Waals surface area contributed by atoms with Gasteiger partial charge in [-0.1, -0.05) is 0 Å². The lowest BCUT2D eigenvalue weighted by atomic mass is 10.1. The van der Waals surface area contributed by atoms with E-state index in [1.165, 1.54) is 6.07 Å². The highest BCUT2D eigenvalue weighted by Crippen LogP contribution is 2.23. The molecule has 2 aromatic rings. The summed E-state index contributed by atoms with van der Waals surface area (Å²) in [7, 11) is -4.16. The molecule has 9 heteroatoms. The van der Waals surface area contributed by atoms with Crippen molar-refractivity contribution >= 4 is 27.0 Å². The van der Waals surface area contributed by atoms with E-state index in [9.17, 15) is 22.7 Å². The smallest absolute Gasteiger partial charge is 0.336 e. The van der Waals surface area contributed by atoms with Gasteiger partial charge < -0.3 is 14.6 Å². The summed E-state index contributed by atoms with van der Waals surface area (Å²) in [5.74, 6) is -2.12. The molecule has 0 spiro atoms. The number of nitrogens with one attached hydrogen (secondary N) is 1. The summed E-state index contributed by atoms with van der Waals surface area (Å²) in [6.45, 7) is 0.210. The average Bonchev–Trinajstić information content (AvgIpc) is 2.80. The molecule has 0 fully saturated rings. The molecular weight excluding hydrogens is 305 g/mol. The summed E-state index contributed by atoms with van der Waals surface area (Å²) in [4.78, 5) is 10.7.